The van der Waals surface area contributed by atoms with E-state index in [0.717, 1.165) is 18.2 Å². The maximum atomic E-state index is 13.4. The van der Waals surface area contributed by atoms with E-state index in [1.165, 1.54) is 13.8 Å². The zero-order valence-electron chi connectivity index (χ0n) is 10.1. The van der Waals surface area contributed by atoms with Gasteiger partial charge < -0.3 is 4.52 Å². The van der Waals surface area contributed by atoms with Crippen molar-refractivity contribution in [3.05, 3.63) is 41.3 Å². The number of hydrogen-bond donors (Lipinski definition) is 1. The van der Waals surface area contributed by atoms with Gasteiger partial charge in [-0.05, 0) is 26.0 Å². The number of hydrogen-bond acceptors (Lipinski definition) is 4. The number of anilines is 1. The standard InChI is InChI=1S/C11H10F2N2O3S/c1-6-11(7(2)18-14-6)19(16,17)15-10-5-8(12)3-4-9(10)13/h3-5,15H,1-2H3. The molecule has 2 rings (SSSR count). The molecule has 0 fully saturated rings. The van der Waals surface area contributed by atoms with E-state index in [0.29, 0.717) is 0 Å². The number of benzene rings is 1. The average Bonchev–Trinajstić information content (AvgIpc) is 2.64. The van der Waals surface area contributed by atoms with Crippen LogP contribution in [-0.2, 0) is 10.0 Å². The first-order chi connectivity index (χ1) is 8.81. The first kappa shape index (κ1) is 13.5. The summed E-state index contributed by atoms with van der Waals surface area (Å²) in [6.07, 6.45) is 0. The lowest BCUT2D eigenvalue weighted by molar-refractivity contribution is 0.390. The number of rotatable bonds is 3. The molecule has 0 unspecified atom stereocenters. The second-order valence-electron chi connectivity index (χ2n) is 3.88. The van der Waals surface area contributed by atoms with Gasteiger partial charge in [0.05, 0.1) is 5.69 Å². The zero-order valence-corrected chi connectivity index (χ0v) is 10.9. The molecule has 2 aromatic rings. The van der Waals surface area contributed by atoms with Crippen LogP contribution in [0.1, 0.15) is 11.5 Å². The summed E-state index contributed by atoms with van der Waals surface area (Å²) in [4.78, 5) is -0.184. The molecule has 1 aromatic heterocycles. The molecule has 0 aliphatic carbocycles. The van der Waals surface area contributed by atoms with Crippen molar-refractivity contribution in [3.63, 3.8) is 0 Å². The van der Waals surface area contributed by atoms with Gasteiger partial charge in [-0.2, -0.15) is 0 Å². The van der Waals surface area contributed by atoms with Gasteiger partial charge in [0.15, 0.2) is 10.7 Å². The Morgan fingerprint density at radius 2 is 1.95 bits per heavy atom. The summed E-state index contributed by atoms with van der Waals surface area (Å²) in [5.74, 6) is -1.56. The molecule has 0 spiro atoms. The minimum atomic E-state index is -4.08. The van der Waals surface area contributed by atoms with Gasteiger partial charge in [0, 0.05) is 6.07 Å². The summed E-state index contributed by atoms with van der Waals surface area (Å²) in [7, 11) is -4.08. The van der Waals surface area contributed by atoms with Gasteiger partial charge in [0.2, 0.25) is 0 Å². The van der Waals surface area contributed by atoms with E-state index in [2.05, 4.69) is 5.16 Å². The Morgan fingerprint density at radius 3 is 2.53 bits per heavy atom. The molecule has 0 aliphatic rings. The Labute approximate surface area is 108 Å². The Morgan fingerprint density at radius 1 is 1.26 bits per heavy atom. The molecule has 1 heterocycles. The number of aromatic nitrogens is 1. The fourth-order valence-electron chi connectivity index (χ4n) is 1.63. The van der Waals surface area contributed by atoms with Crippen molar-refractivity contribution in [2.45, 2.75) is 18.7 Å². The maximum absolute atomic E-state index is 13.4. The first-order valence-electron chi connectivity index (χ1n) is 5.22. The van der Waals surface area contributed by atoms with Gasteiger partial charge in [0.25, 0.3) is 10.0 Å². The normalized spacial score (nSPS) is 11.6. The van der Waals surface area contributed by atoms with Crippen LogP contribution in [0, 0.1) is 25.5 Å². The minimum absolute atomic E-state index is 0.0711. The van der Waals surface area contributed by atoms with E-state index in [1.807, 2.05) is 4.72 Å². The van der Waals surface area contributed by atoms with Crippen LogP contribution < -0.4 is 4.72 Å². The van der Waals surface area contributed by atoms with Crippen molar-refractivity contribution in [2.75, 3.05) is 4.72 Å². The fourth-order valence-corrected chi connectivity index (χ4v) is 3.02. The van der Waals surface area contributed by atoms with Crippen molar-refractivity contribution in [1.82, 2.24) is 5.16 Å². The smallest absolute Gasteiger partial charge is 0.267 e. The van der Waals surface area contributed by atoms with Gasteiger partial charge >= 0.3 is 0 Å². The number of nitrogens with zero attached hydrogens (tertiary/aromatic N) is 1. The van der Waals surface area contributed by atoms with Crippen molar-refractivity contribution in [2.24, 2.45) is 0 Å². The van der Waals surface area contributed by atoms with Crippen molar-refractivity contribution >= 4 is 15.7 Å². The predicted molar refractivity (Wildman–Crippen MR) is 63.1 cm³/mol. The van der Waals surface area contributed by atoms with Crippen LogP contribution in [0.5, 0.6) is 0 Å². The van der Waals surface area contributed by atoms with E-state index in [1.54, 1.807) is 0 Å². The van der Waals surface area contributed by atoms with E-state index < -0.39 is 27.3 Å². The van der Waals surface area contributed by atoms with Gasteiger partial charge in [-0.1, -0.05) is 5.16 Å². The Bertz CT molecular complexity index is 706. The molecule has 0 bridgehead atoms. The third-order valence-corrected chi connectivity index (χ3v) is 4.02. The van der Waals surface area contributed by atoms with Crippen molar-refractivity contribution in [3.8, 4) is 0 Å². The molecule has 0 radical (unpaired) electrons. The lowest BCUT2D eigenvalue weighted by Crippen LogP contribution is -2.15. The Hall–Kier alpha value is -1.96. The average molecular weight is 288 g/mol. The van der Waals surface area contributed by atoms with Gasteiger partial charge in [-0.15, -0.1) is 0 Å². The largest absolute Gasteiger partial charge is 0.360 e. The van der Waals surface area contributed by atoms with Crippen LogP contribution >= 0.6 is 0 Å². The lowest BCUT2D eigenvalue weighted by Gasteiger charge is -2.08. The Balaban J connectivity index is 2.45. The molecule has 0 saturated carbocycles. The number of sulfonamides is 1. The molecule has 0 aliphatic heterocycles. The quantitative estimate of drug-likeness (QED) is 0.941. The van der Waals surface area contributed by atoms with Crippen LogP contribution in [0.3, 0.4) is 0 Å². The molecule has 0 atom stereocenters. The summed E-state index contributed by atoms with van der Waals surface area (Å²) in [5.41, 5.74) is -0.332. The highest BCUT2D eigenvalue weighted by Crippen LogP contribution is 2.24. The second kappa shape index (κ2) is 4.61. The molecule has 1 N–H and O–H groups in total. The third-order valence-electron chi connectivity index (χ3n) is 2.41. The van der Waals surface area contributed by atoms with E-state index >= 15 is 0 Å². The summed E-state index contributed by atoms with van der Waals surface area (Å²) in [5, 5.41) is 3.50. The number of nitrogens with one attached hydrogen (secondary N) is 1. The number of aryl methyl sites for hydroxylation is 2. The van der Waals surface area contributed by atoms with E-state index in [9.17, 15) is 17.2 Å². The van der Waals surface area contributed by atoms with Gasteiger partial charge in [-0.25, -0.2) is 17.2 Å². The zero-order chi connectivity index (χ0) is 14.2. The van der Waals surface area contributed by atoms with Crippen LogP contribution in [0.15, 0.2) is 27.6 Å². The summed E-state index contributed by atoms with van der Waals surface area (Å²) in [6.45, 7) is 2.85. The van der Waals surface area contributed by atoms with Crippen LogP contribution in [0.2, 0.25) is 0 Å². The molecule has 0 amide bonds. The van der Waals surface area contributed by atoms with Crippen LogP contribution in [0.25, 0.3) is 0 Å². The summed E-state index contributed by atoms with van der Waals surface area (Å²) < 4.78 is 57.2. The molecule has 8 heteroatoms. The van der Waals surface area contributed by atoms with E-state index in [4.69, 9.17) is 4.52 Å². The van der Waals surface area contributed by atoms with Gasteiger partial charge in [0.1, 0.15) is 17.3 Å². The molecular weight excluding hydrogens is 278 g/mol. The SMILES string of the molecule is Cc1noc(C)c1S(=O)(=O)Nc1cc(F)ccc1F. The Kier molecular flexibility index (Phi) is 3.27. The highest BCUT2D eigenvalue weighted by atomic mass is 32.2. The van der Waals surface area contributed by atoms with Crippen molar-refractivity contribution < 1.29 is 21.7 Å². The van der Waals surface area contributed by atoms with Crippen LogP contribution in [0.4, 0.5) is 14.5 Å². The monoisotopic (exact) mass is 288 g/mol. The lowest BCUT2D eigenvalue weighted by atomic mass is 10.3. The maximum Gasteiger partial charge on any atom is 0.267 e. The molecule has 19 heavy (non-hydrogen) atoms. The molecular formula is C11H10F2N2O3S. The third kappa shape index (κ3) is 2.58. The fraction of sp³-hybridized carbons (Fsp3) is 0.182. The summed E-state index contributed by atoms with van der Waals surface area (Å²) in [6, 6.07) is 2.48. The number of halogens is 2. The van der Waals surface area contributed by atoms with Crippen LogP contribution in [-0.4, -0.2) is 13.6 Å². The highest BCUT2D eigenvalue weighted by Gasteiger charge is 2.25. The highest BCUT2D eigenvalue weighted by molar-refractivity contribution is 7.92. The van der Waals surface area contributed by atoms with E-state index in [-0.39, 0.29) is 16.3 Å². The first-order valence-corrected chi connectivity index (χ1v) is 6.70. The minimum Gasteiger partial charge on any atom is -0.360 e. The van der Waals surface area contributed by atoms with Gasteiger partial charge in [-0.3, -0.25) is 4.72 Å². The predicted octanol–water partition coefficient (Wildman–Crippen LogP) is 2.37. The van der Waals surface area contributed by atoms with Crippen molar-refractivity contribution in [1.29, 1.82) is 0 Å². The molecule has 5 nitrogen and oxygen atoms in total. The molecule has 102 valence electrons. The second-order valence-corrected chi connectivity index (χ2v) is 5.50. The molecule has 0 saturated heterocycles. The topological polar surface area (TPSA) is 72.2 Å². The summed E-state index contributed by atoms with van der Waals surface area (Å²) >= 11 is 0. The molecule has 1 aromatic carbocycles.